The molecule has 0 fully saturated rings. The highest BCUT2D eigenvalue weighted by molar-refractivity contribution is 9.10. The van der Waals surface area contributed by atoms with E-state index >= 15 is 0 Å². The summed E-state index contributed by atoms with van der Waals surface area (Å²) in [6.45, 7) is 0.862. The number of nitrogen functional groups attached to an aromatic ring is 1. The van der Waals surface area contributed by atoms with Crippen LogP contribution in [0.3, 0.4) is 0 Å². The van der Waals surface area contributed by atoms with Gasteiger partial charge in [-0.05, 0) is 25.0 Å². The number of carbonyl (C=O) groups excluding carboxylic acids is 1. The maximum Gasteiger partial charge on any atom is 0.257 e. The van der Waals surface area contributed by atoms with Crippen molar-refractivity contribution in [3.8, 4) is 0 Å². The number of carbonyl (C=O) groups is 1. The van der Waals surface area contributed by atoms with E-state index in [0.717, 1.165) is 25.1 Å². The zero-order valence-corrected chi connectivity index (χ0v) is 17.0. The fourth-order valence-electron chi connectivity index (χ4n) is 3.14. The number of anilines is 2. The van der Waals surface area contributed by atoms with Crippen LogP contribution in [-0.2, 0) is 17.8 Å². The molecule has 10 heteroatoms. The number of amides is 1. The van der Waals surface area contributed by atoms with Gasteiger partial charge in [0.2, 0.25) is 0 Å². The van der Waals surface area contributed by atoms with Gasteiger partial charge in [0.1, 0.15) is 5.82 Å². The molecule has 144 valence electrons. The highest BCUT2D eigenvalue weighted by Crippen LogP contribution is 2.28. The van der Waals surface area contributed by atoms with Crippen LogP contribution in [0.15, 0.2) is 39.5 Å². The molecule has 28 heavy (non-hydrogen) atoms. The van der Waals surface area contributed by atoms with E-state index in [1.807, 2.05) is 4.57 Å². The molecule has 0 saturated heterocycles. The van der Waals surface area contributed by atoms with E-state index in [0.29, 0.717) is 15.3 Å². The van der Waals surface area contributed by atoms with Gasteiger partial charge in [-0.1, -0.05) is 15.9 Å². The van der Waals surface area contributed by atoms with Crippen LogP contribution in [0.5, 0.6) is 0 Å². The van der Waals surface area contributed by atoms with Crippen molar-refractivity contribution in [2.24, 2.45) is 4.99 Å². The predicted molar refractivity (Wildman–Crippen MR) is 110 cm³/mol. The van der Waals surface area contributed by atoms with Gasteiger partial charge in [-0.3, -0.25) is 15.1 Å². The molecule has 3 heterocycles. The van der Waals surface area contributed by atoms with Crippen molar-refractivity contribution >= 4 is 50.2 Å². The Kier molecular flexibility index (Phi) is 5.23. The maximum absolute atomic E-state index is 14.3. The van der Waals surface area contributed by atoms with E-state index in [1.54, 1.807) is 24.0 Å². The molecule has 1 atom stereocenters. The molecule has 1 aromatic carbocycles. The molecule has 2 aromatic heterocycles. The Balaban J connectivity index is 1.70. The lowest BCUT2D eigenvalue weighted by Crippen LogP contribution is -2.21. The molecule has 3 aromatic rings. The third kappa shape index (κ3) is 3.69. The Bertz CT molecular complexity index is 1030. The van der Waals surface area contributed by atoms with Crippen molar-refractivity contribution in [2.75, 3.05) is 11.1 Å². The Hall–Kier alpha value is -2.59. The Morgan fingerprint density at radius 2 is 2.32 bits per heavy atom. The summed E-state index contributed by atoms with van der Waals surface area (Å²) in [7, 11) is 0. The minimum Gasteiger partial charge on any atom is -0.398 e. The number of aliphatic imine (C=N–C) groups is 1. The first-order chi connectivity index (χ1) is 13.5. The van der Waals surface area contributed by atoms with Gasteiger partial charge in [0, 0.05) is 40.2 Å². The Labute approximate surface area is 172 Å². The molecule has 0 aliphatic carbocycles. The van der Waals surface area contributed by atoms with Gasteiger partial charge in [0.05, 0.1) is 17.6 Å². The lowest BCUT2D eigenvalue weighted by atomic mass is 10.1. The van der Waals surface area contributed by atoms with Gasteiger partial charge in [-0.15, -0.1) is 11.3 Å². The summed E-state index contributed by atoms with van der Waals surface area (Å²) in [5, 5.41) is 4.98. The van der Waals surface area contributed by atoms with Crippen LogP contribution in [0.1, 0.15) is 29.4 Å². The van der Waals surface area contributed by atoms with Gasteiger partial charge in [-0.25, -0.2) is 14.4 Å². The van der Waals surface area contributed by atoms with Crippen molar-refractivity contribution in [3.05, 3.63) is 57.3 Å². The van der Waals surface area contributed by atoms with Crippen LogP contribution in [0.4, 0.5) is 15.2 Å². The van der Waals surface area contributed by atoms with Crippen LogP contribution in [-0.4, -0.2) is 26.7 Å². The van der Waals surface area contributed by atoms with Crippen LogP contribution < -0.4 is 11.1 Å². The van der Waals surface area contributed by atoms with E-state index in [4.69, 9.17) is 5.73 Å². The molecule has 1 amide bonds. The van der Waals surface area contributed by atoms with Crippen molar-refractivity contribution in [1.82, 2.24) is 14.5 Å². The molecule has 7 nitrogen and oxygen atoms in total. The molecule has 0 bridgehead atoms. The van der Waals surface area contributed by atoms with Crippen LogP contribution >= 0.6 is 27.3 Å². The number of rotatable bonds is 5. The molecular weight excluding hydrogens is 447 g/mol. The third-order valence-electron chi connectivity index (χ3n) is 4.44. The second kappa shape index (κ2) is 7.80. The molecular formula is C18H16BrFN6OS. The van der Waals surface area contributed by atoms with E-state index in [9.17, 15) is 9.18 Å². The number of aromatic nitrogens is 3. The molecule has 0 spiro atoms. The smallest absolute Gasteiger partial charge is 0.257 e. The number of nitrogens with zero attached hydrogens (tertiary/aromatic N) is 4. The van der Waals surface area contributed by atoms with Gasteiger partial charge < -0.3 is 10.3 Å². The van der Waals surface area contributed by atoms with Gasteiger partial charge in [0.25, 0.3) is 5.91 Å². The standard InChI is InChI=1S/C18H16BrFN6OS/c19-10-6-12(20)11(13(21)7-10)8-23-16(17(27)25-18-22-3-5-28-18)15-14-2-1-4-26(14)9-24-15/h3,5-9,16H,1-2,4,21H2,(H,22,25,27). The zero-order valence-electron chi connectivity index (χ0n) is 14.6. The number of nitrogens with two attached hydrogens (primary N) is 1. The predicted octanol–water partition coefficient (Wildman–Crippen LogP) is 3.57. The lowest BCUT2D eigenvalue weighted by molar-refractivity contribution is -0.117. The number of fused-ring (bicyclic) bond motifs is 1. The quantitative estimate of drug-likeness (QED) is 0.447. The number of aryl methyl sites for hydroxylation is 1. The number of thiazole rings is 1. The van der Waals surface area contributed by atoms with Crippen LogP contribution in [0.25, 0.3) is 0 Å². The summed E-state index contributed by atoms with van der Waals surface area (Å²) in [5.41, 5.74) is 7.81. The molecule has 1 aliphatic heterocycles. The summed E-state index contributed by atoms with van der Waals surface area (Å²) < 4.78 is 16.8. The Morgan fingerprint density at radius 3 is 3.07 bits per heavy atom. The number of halogens is 2. The number of imidazole rings is 1. The summed E-state index contributed by atoms with van der Waals surface area (Å²) in [6, 6.07) is 1.96. The van der Waals surface area contributed by atoms with Gasteiger partial charge in [-0.2, -0.15) is 0 Å². The number of hydrogen-bond donors (Lipinski definition) is 2. The van der Waals surface area contributed by atoms with E-state index in [-0.39, 0.29) is 17.2 Å². The normalized spacial score (nSPS) is 14.4. The molecule has 1 unspecified atom stereocenters. The molecule has 3 N–H and O–H groups in total. The molecule has 0 saturated carbocycles. The first kappa shape index (κ1) is 18.8. The first-order valence-corrected chi connectivity index (χ1v) is 10.2. The fourth-order valence-corrected chi connectivity index (χ4v) is 4.12. The van der Waals surface area contributed by atoms with Crippen molar-refractivity contribution in [1.29, 1.82) is 0 Å². The minimum atomic E-state index is -0.930. The highest BCUT2D eigenvalue weighted by Gasteiger charge is 2.28. The topological polar surface area (TPSA) is 98.2 Å². The fraction of sp³-hybridized carbons (Fsp3) is 0.222. The molecule has 1 aliphatic rings. The second-order valence-electron chi connectivity index (χ2n) is 6.27. The van der Waals surface area contributed by atoms with Gasteiger partial charge in [0.15, 0.2) is 11.2 Å². The van der Waals surface area contributed by atoms with E-state index in [2.05, 4.69) is 36.2 Å². The summed E-state index contributed by atoms with van der Waals surface area (Å²) in [4.78, 5) is 25.8. The number of benzene rings is 1. The Morgan fingerprint density at radius 1 is 1.46 bits per heavy atom. The largest absolute Gasteiger partial charge is 0.398 e. The number of nitrogens with one attached hydrogen (secondary N) is 1. The van der Waals surface area contributed by atoms with Crippen LogP contribution in [0.2, 0.25) is 0 Å². The average molecular weight is 463 g/mol. The molecule has 0 radical (unpaired) electrons. The first-order valence-electron chi connectivity index (χ1n) is 8.55. The summed E-state index contributed by atoms with van der Waals surface area (Å²) >= 11 is 4.51. The van der Waals surface area contributed by atoms with Gasteiger partial charge >= 0.3 is 0 Å². The SMILES string of the molecule is Nc1cc(Br)cc(F)c1C=NC(C(=O)Nc1nccs1)c1ncn2c1CCC2. The van der Waals surface area contributed by atoms with E-state index in [1.165, 1.54) is 23.6 Å². The summed E-state index contributed by atoms with van der Waals surface area (Å²) in [5.74, 6) is -0.902. The number of hydrogen-bond acceptors (Lipinski definition) is 6. The van der Waals surface area contributed by atoms with Crippen molar-refractivity contribution in [3.63, 3.8) is 0 Å². The van der Waals surface area contributed by atoms with E-state index < -0.39 is 11.9 Å². The maximum atomic E-state index is 14.3. The average Bonchev–Trinajstić information content (AvgIpc) is 3.36. The zero-order chi connectivity index (χ0) is 19.7. The summed E-state index contributed by atoms with van der Waals surface area (Å²) in [6.07, 6.45) is 6.42. The van der Waals surface area contributed by atoms with Crippen molar-refractivity contribution in [2.45, 2.75) is 25.4 Å². The highest BCUT2D eigenvalue weighted by atomic mass is 79.9. The second-order valence-corrected chi connectivity index (χ2v) is 8.08. The lowest BCUT2D eigenvalue weighted by Gasteiger charge is -2.12. The molecule has 4 rings (SSSR count). The monoisotopic (exact) mass is 462 g/mol. The van der Waals surface area contributed by atoms with Crippen molar-refractivity contribution < 1.29 is 9.18 Å². The third-order valence-corrected chi connectivity index (χ3v) is 5.59. The van der Waals surface area contributed by atoms with Crippen LogP contribution in [0, 0.1) is 5.82 Å². The minimum absolute atomic E-state index is 0.131.